The van der Waals surface area contributed by atoms with E-state index in [1.807, 2.05) is 0 Å². The van der Waals surface area contributed by atoms with Gasteiger partial charge in [0, 0.05) is 16.7 Å². The number of nitriles is 7. The number of hydrogen-bond acceptors (Lipinski definition) is 7. The summed E-state index contributed by atoms with van der Waals surface area (Å²) in [4.78, 5) is 0. The molecule has 0 amide bonds. The van der Waals surface area contributed by atoms with Crippen molar-refractivity contribution in [3.63, 3.8) is 0 Å². The van der Waals surface area contributed by atoms with Crippen LogP contribution in [-0.4, -0.2) is 0 Å². The van der Waals surface area contributed by atoms with Gasteiger partial charge < -0.3 is 0 Å². The Morgan fingerprint density at radius 2 is 0.882 bits per heavy atom. The quantitative estimate of drug-likeness (QED) is 0.129. The normalized spacial score (nSPS) is 12.8. The predicted octanol–water partition coefficient (Wildman–Crippen LogP) is 8.61. The minimum atomic E-state index is -6.05. The van der Waals surface area contributed by atoms with E-state index in [0.29, 0.717) is 12.2 Å². The third-order valence-electron chi connectivity index (χ3n) is 6.46. The molecule has 0 aliphatic rings. The fourth-order valence-electron chi connectivity index (χ4n) is 4.64. The lowest BCUT2D eigenvalue weighted by Gasteiger charge is -2.22. The van der Waals surface area contributed by atoms with Crippen LogP contribution in [0.3, 0.4) is 0 Å². The van der Waals surface area contributed by atoms with E-state index in [9.17, 15) is 79.0 Å². The molecule has 0 fully saturated rings. The summed E-state index contributed by atoms with van der Waals surface area (Å²) in [5.41, 5.74) is -25.5. The summed E-state index contributed by atoms with van der Waals surface area (Å²) in [5, 5.41) is 66.2. The number of nitrogens with zero attached hydrogens (tertiary/aromatic N) is 7. The summed E-state index contributed by atoms with van der Waals surface area (Å²) < 4.78 is 169. The zero-order valence-electron chi connectivity index (χ0n) is 24.3. The number of alkyl halides is 12. The fourth-order valence-corrected chi connectivity index (χ4v) is 4.64. The van der Waals surface area contributed by atoms with Crippen LogP contribution in [0.15, 0.2) is 35.4 Å². The smallest absolute Gasteiger partial charge is 0.198 e. The Bertz CT molecular complexity index is 2260. The second kappa shape index (κ2) is 14.5. The van der Waals surface area contributed by atoms with Crippen molar-refractivity contribution in [1.29, 1.82) is 36.8 Å². The summed E-state index contributed by atoms with van der Waals surface area (Å²) in [7, 11) is 0. The number of benzene rings is 2. The van der Waals surface area contributed by atoms with Crippen molar-refractivity contribution in [3.05, 3.63) is 91.1 Å². The lowest BCUT2D eigenvalue weighted by atomic mass is 9.84. The number of rotatable bonds is 5. The molecular weight excluding hydrogens is 710 g/mol. The Hall–Kier alpha value is -7.19. The highest BCUT2D eigenvalue weighted by atomic mass is 19.4. The van der Waals surface area contributed by atoms with E-state index in [-0.39, 0.29) is 12.1 Å². The average molecular weight is 717 g/mol. The van der Waals surface area contributed by atoms with Gasteiger partial charge in [-0.3, -0.25) is 0 Å². The Morgan fingerprint density at radius 1 is 0.529 bits per heavy atom. The molecule has 0 aliphatic carbocycles. The number of allylic oxidation sites excluding steroid dienone is 6. The summed E-state index contributed by atoms with van der Waals surface area (Å²) in [6.45, 7) is 0. The summed E-state index contributed by atoms with van der Waals surface area (Å²) in [6.07, 6.45) is -19.2. The van der Waals surface area contributed by atoms with E-state index in [4.69, 9.17) is 16.9 Å². The molecule has 0 heterocycles. The van der Waals surface area contributed by atoms with Crippen molar-refractivity contribution < 1.29 is 52.7 Å². The summed E-state index contributed by atoms with van der Waals surface area (Å²) in [6, 6.07) is 7.62. The Morgan fingerprint density at radius 3 is 1.16 bits per heavy atom. The Kier molecular flexibility index (Phi) is 11.4. The highest BCUT2D eigenvalue weighted by molar-refractivity contribution is 5.90. The topological polar surface area (TPSA) is 167 Å². The molecule has 0 unspecified atom stereocenters. The molecule has 0 aliphatic heterocycles. The molecule has 2 aromatic carbocycles. The van der Waals surface area contributed by atoms with Crippen LogP contribution in [0.4, 0.5) is 52.7 Å². The van der Waals surface area contributed by atoms with Crippen LogP contribution in [0.5, 0.6) is 0 Å². The van der Waals surface area contributed by atoms with Gasteiger partial charge in [0.15, 0.2) is 0 Å². The molecule has 51 heavy (non-hydrogen) atoms. The van der Waals surface area contributed by atoms with E-state index in [0.717, 1.165) is 36.4 Å². The van der Waals surface area contributed by atoms with Crippen LogP contribution in [-0.2, 0) is 24.7 Å². The van der Waals surface area contributed by atoms with Crippen molar-refractivity contribution in [2.45, 2.75) is 31.1 Å². The predicted molar refractivity (Wildman–Crippen MR) is 145 cm³/mol. The standard InChI is InChI=1S/C32H7F12N7/c1-2-15(21(13-50)23-17(9-46)7-19(11-48)25(29(33,34)35)27(23)31(39,40)41)3-4-16(5-6-45)22(14-51)24-18(10-47)8-20(12-49)26(30(36,37)38)28(24)32(42,43)44/h1,3-4,7-8H,5H2/b4-3-,21-15+,22-16-. The highest BCUT2D eigenvalue weighted by Gasteiger charge is 2.50. The van der Waals surface area contributed by atoms with Gasteiger partial charge in [-0.2, -0.15) is 89.5 Å². The second-order valence-electron chi connectivity index (χ2n) is 9.36. The molecule has 0 saturated carbocycles. The van der Waals surface area contributed by atoms with Gasteiger partial charge in [-0.05, 0) is 23.8 Å². The van der Waals surface area contributed by atoms with Crippen LogP contribution in [0.25, 0.3) is 11.1 Å². The molecule has 254 valence electrons. The Labute approximate surface area is 277 Å². The van der Waals surface area contributed by atoms with Gasteiger partial charge in [0.1, 0.15) is 12.1 Å². The largest absolute Gasteiger partial charge is 0.418 e. The zero-order valence-corrected chi connectivity index (χ0v) is 24.3. The van der Waals surface area contributed by atoms with Crippen molar-refractivity contribution in [2.24, 2.45) is 0 Å². The van der Waals surface area contributed by atoms with Gasteiger partial charge in [-0.1, -0.05) is 12.0 Å². The molecule has 0 spiro atoms. The Balaban J connectivity index is 3.33. The molecule has 19 heteroatoms. The first-order chi connectivity index (χ1) is 23.5. The molecule has 0 saturated heterocycles. The van der Waals surface area contributed by atoms with E-state index in [2.05, 4.69) is 0 Å². The van der Waals surface area contributed by atoms with Crippen LogP contribution in [0, 0.1) is 91.7 Å². The molecule has 2 rings (SSSR count). The third kappa shape index (κ3) is 7.93. The average Bonchev–Trinajstić information content (AvgIpc) is 3.03. The maximum atomic E-state index is 14.3. The van der Waals surface area contributed by atoms with Crippen molar-refractivity contribution >= 4 is 11.1 Å². The van der Waals surface area contributed by atoms with E-state index < -0.39 is 109 Å². The van der Waals surface area contributed by atoms with E-state index in [1.54, 1.807) is 5.92 Å². The molecule has 7 nitrogen and oxygen atoms in total. The highest BCUT2D eigenvalue weighted by Crippen LogP contribution is 2.49. The fraction of sp³-hybridized carbons (Fsp3) is 0.156. The molecule has 0 atom stereocenters. The van der Waals surface area contributed by atoms with Crippen LogP contribution in [0.2, 0.25) is 0 Å². The van der Waals surface area contributed by atoms with Crippen LogP contribution < -0.4 is 0 Å². The third-order valence-corrected chi connectivity index (χ3v) is 6.46. The molecule has 0 N–H and O–H groups in total. The van der Waals surface area contributed by atoms with Crippen LogP contribution >= 0.6 is 0 Å². The minimum Gasteiger partial charge on any atom is -0.198 e. The van der Waals surface area contributed by atoms with Gasteiger partial charge >= 0.3 is 24.7 Å². The first-order valence-electron chi connectivity index (χ1n) is 12.6. The van der Waals surface area contributed by atoms with Crippen molar-refractivity contribution in [2.75, 3.05) is 0 Å². The lowest BCUT2D eigenvalue weighted by Crippen LogP contribution is -2.22. The molecular formula is C32H7F12N7. The number of terminal acetylenes is 1. The molecule has 0 aromatic heterocycles. The lowest BCUT2D eigenvalue weighted by molar-refractivity contribution is -0.162. The van der Waals surface area contributed by atoms with Gasteiger partial charge in [0.05, 0.1) is 92.4 Å². The molecule has 0 bridgehead atoms. The first-order valence-corrected chi connectivity index (χ1v) is 12.6. The number of hydrogen-bond donors (Lipinski definition) is 0. The van der Waals surface area contributed by atoms with Crippen molar-refractivity contribution in [3.8, 4) is 54.8 Å². The minimum absolute atomic E-state index is 0.0720. The SMILES string of the molecule is C#CC(/C=C\C(CC#N)=C(/C#N)c1c(C#N)cc(C#N)c(C(F)(F)F)c1C(F)(F)F)=C(/C#N)c1c(C#N)cc(C#N)c(C(F)(F)F)c1C(F)(F)F. The summed E-state index contributed by atoms with van der Waals surface area (Å²) in [5.74, 6) is 1.61. The van der Waals surface area contributed by atoms with Gasteiger partial charge in [0.2, 0.25) is 0 Å². The van der Waals surface area contributed by atoms with Crippen molar-refractivity contribution in [1.82, 2.24) is 0 Å². The zero-order chi connectivity index (χ0) is 39.3. The van der Waals surface area contributed by atoms with E-state index >= 15 is 0 Å². The monoisotopic (exact) mass is 717 g/mol. The summed E-state index contributed by atoms with van der Waals surface area (Å²) >= 11 is 0. The van der Waals surface area contributed by atoms with E-state index in [1.165, 1.54) is 6.07 Å². The van der Waals surface area contributed by atoms with Gasteiger partial charge in [-0.15, -0.1) is 6.42 Å². The first kappa shape index (κ1) is 40.0. The molecule has 0 radical (unpaired) electrons. The maximum Gasteiger partial charge on any atom is 0.418 e. The van der Waals surface area contributed by atoms with Crippen LogP contribution in [0.1, 0.15) is 62.1 Å². The maximum absolute atomic E-state index is 14.3. The number of halogens is 12. The second-order valence-corrected chi connectivity index (χ2v) is 9.36. The van der Waals surface area contributed by atoms with Gasteiger partial charge in [-0.25, -0.2) is 0 Å². The molecule has 2 aromatic rings. The van der Waals surface area contributed by atoms with Gasteiger partial charge in [0.25, 0.3) is 0 Å².